The van der Waals surface area contributed by atoms with Gasteiger partial charge in [-0.3, -0.25) is 4.79 Å². The molecule has 7 atom stereocenters. The van der Waals surface area contributed by atoms with Crippen LogP contribution in [0.4, 0.5) is 0 Å². The third kappa shape index (κ3) is 10.3. The molecule has 4 aliphatic carbocycles. The van der Waals surface area contributed by atoms with Crippen LogP contribution in [0.5, 0.6) is 0 Å². The molecule has 0 bridgehead atoms. The van der Waals surface area contributed by atoms with E-state index in [4.69, 9.17) is 24.8 Å². The number of aryl methyl sites for hydroxylation is 1. The van der Waals surface area contributed by atoms with Crippen LogP contribution in [0.1, 0.15) is 177 Å². The van der Waals surface area contributed by atoms with Crippen molar-refractivity contribution in [1.29, 1.82) is 0 Å². The minimum absolute atomic E-state index is 0.0142. The van der Waals surface area contributed by atoms with Gasteiger partial charge in [-0.15, -0.1) is 0 Å². The molecule has 1 unspecified atom stereocenters. The van der Waals surface area contributed by atoms with Crippen LogP contribution in [0.15, 0.2) is 46.1 Å². The number of allylic oxidation sites excluding steroid dienone is 3. The molecule has 5 rings (SSSR count). The first-order valence-electron chi connectivity index (χ1n) is 23.4. The molecule has 322 valence electrons. The van der Waals surface area contributed by atoms with Gasteiger partial charge in [0.2, 0.25) is 5.89 Å². The van der Waals surface area contributed by atoms with Crippen molar-refractivity contribution in [2.45, 2.75) is 220 Å². The first-order valence-corrected chi connectivity index (χ1v) is 29.2. The minimum Gasteiger partial charge on any atom is -0.443 e. The molecule has 57 heavy (non-hydrogen) atoms. The van der Waals surface area contributed by atoms with Crippen LogP contribution in [0, 0.1) is 35.0 Å². The average Bonchev–Trinajstić information content (AvgIpc) is 3.70. The molecule has 0 radical (unpaired) electrons. The zero-order chi connectivity index (χ0) is 42.2. The van der Waals surface area contributed by atoms with Crippen LogP contribution < -0.4 is 0 Å². The minimum atomic E-state index is -2.30. The van der Waals surface area contributed by atoms with Gasteiger partial charge < -0.3 is 13.3 Å². The maximum absolute atomic E-state index is 13.1. The Morgan fingerprint density at radius 2 is 1.68 bits per heavy atom. The maximum atomic E-state index is 13.1. The normalized spacial score (nSPS) is 30.2. The molecule has 0 amide bonds. The summed E-state index contributed by atoms with van der Waals surface area (Å²) < 4.78 is 21.7. The summed E-state index contributed by atoms with van der Waals surface area (Å²) in [5.41, 5.74) is 3.52. The van der Waals surface area contributed by atoms with Crippen LogP contribution >= 0.6 is 0 Å². The molecule has 5 nitrogen and oxygen atoms in total. The van der Waals surface area contributed by atoms with E-state index in [1.54, 1.807) is 5.57 Å². The lowest BCUT2D eigenvalue weighted by atomic mass is 9.60. The lowest BCUT2D eigenvalue weighted by molar-refractivity contribution is -0.123. The van der Waals surface area contributed by atoms with E-state index in [-0.39, 0.29) is 16.2 Å². The molecule has 0 spiro atoms. The first-order chi connectivity index (χ1) is 26.5. The molecule has 0 aromatic carbocycles. The summed E-state index contributed by atoms with van der Waals surface area (Å²) in [5.74, 6) is 5.15. The van der Waals surface area contributed by atoms with Crippen molar-refractivity contribution in [2.24, 2.45) is 35.0 Å². The first kappa shape index (κ1) is 46.5. The number of hydrogen-bond acceptors (Lipinski definition) is 5. The Morgan fingerprint density at radius 3 is 2.30 bits per heavy atom. The van der Waals surface area contributed by atoms with Crippen LogP contribution in [0.2, 0.25) is 36.3 Å². The standard InChI is InChI=1S/C50H85NO4Si2/c1-16-18-22-40-34-51-46(53-40)50(55-57(14,15)48(8,9)10)32-39(36(4)45(33-50)54-56(12,13)47(5,6)7)27-26-38-21-19-31-49(11)42(29-30-43(38)49)35(3)23-28-41(37-24-25-37)44(52)20-17-2/h26-27,34-35,37,41-43,45H,4,16-25,28-33H2,1-3,5-15H3/b38-26+,39-27-/t35-,41?,42-,43+,45+,49-,50-/m1/s1. The molecule has 7 heteroatoms. The summed E-state index contributed by atoms with van der Waals surface area (Å²) in [6, 6.07) is 0. The van der Waals surface area contributed by atoms with E-state index >= 15 is 0 Å². The highest BCUT2D eigenvalue weighted by Gasteiger charge is 2.54. The lowest BCUT2D eigenvalue weighted by Gasteiger charge is -2.50. The summed E-state index contributed by atoms with van der Waals surface area (Å²) >= 11 is 0. The second-order valence-electron chi connectivity index (χ2n) is 22.6. The Hall–Kier alpha value is -1.55. The molecule has 1 aromatic rings. The summed E-state index contributed by atoms with van der Waals surface area (Å²) in [6.45, 7) is 37.8. The largest absolute Gasteiger partial charge is 0.443 e. The summed E-state index contributed by atoms with van der Waals surface area (Å²) in [7, 11) is -4.49. The summed E-state index contributed by atoms with van der Waals surface area (Å²) in [4.78, 5) is 18.1. The Morgan fingerprint density at radius 1 is 1.00 bits per heavy atom. The second kappa shape index (κ2) is 17.8. The number of fused-ring (bicyclic) bond motifs is 1. The molecule has 1 aromatic heterocycles. The van der Waals surface area contributed by atoms with Crippen LogP contribution in [-0.4, -0.2) is 33.5 Å². The number of hydrogen-bond donors (Lipinski definition) is 0. The third-order valence-electron chi connectivity index (χ3n) is 16.3. The van der Waals surface area contributed by atoms with Gasteiger partial charge in [-0.2, -0.15) is 0 Å². The number of oxazole rings is 1. The number of rotatable bonds is 17. The van der Waals surface area contributed by atoms with E-state index in [1.165, 1.54) is 56.9 Å². The van der Waals surface area contributed by atoms with Gasteiger partial charge in [-0.25, -0.2) is 4.98 Å². The topological polar surface area (TPSA) is 61.6 Å². The fourth-order valence-corrected chi connectivity index (χ4v) is 13.3. The van der Waals surface area contributed by atoms with Gasteiger partial charge in [0.05, 0.1) is 12.3 Å². The quantitative estimate of drug-likeness (QED) is 0.147. The monoisotopic (exact) mass is 820 g/mol. The van der Waals surface area contributed by atoms with E-state index in [1.807, 2.05) is 6.20 Å². The highest BCUT2D eigenvalue weighted by atomic mass is 28.4. The fraction of sp³-hybridized carbons (Fsp3) is 0.800. The van der Waals surface area contributed by atoms with Crippen molar-refractivity contribution in [2.75, 3.05) is 0 Å². The number of carbonyl (C=O) groups excluding carboxylic acids is 1. The van der Waals surface area contributed by atoms with Crippen molar-refractivity contribution in [3.63, 3.8) is 0 Å². The number of aromatic nitrogens is 1. The summed E-state index contributed by atoms with van der Waals surface area (Å²) in [6.07, 6.45) is 24.0. The Labute approximate surface area is 352 Å². The number of ketones is 1. The molecule has 0 aliphatic heterocycles. The maximum Gasteiger partial charge on any atom is 0.225 e. The molecule has 4 aliphatic rings. The molecular formula is C50H85NO4Si2. The van der Waals surface area contributed by atoms with Crippen molar-refractivity contribution >= 4 is 22.4 Å². The van der Waals surface area contributed by atoms with E-state index in [9.17, 15) is 4.79 Å². The van der Waals surface area contributed by atoms with E-state index in [0.717, 1.165) is 49.9 Å². The zero-order valence-electron chi connectivity index (χ0n) is 39.3. The zero-order valence-corrected chi connectivity index (χ0v) is 41.3. The fourth-order valence-electron chi connectivity index (χ4n) is 10.5. The predicted octanol–water partition coefficient (Wildman–Crippen LogP) is 14.9. The van der Waals surface area contributed by atoms with Crippen molar-refractivity contribution in [1.82, 2.24) is 4.98 Å². The highest BCUT2D eigenvalue weighted by Crippen LogP contribution is 2.60. The van der Waals surface area contributed by atoms with Gasteiger partial charge in [-0.05, 0) is 147 Å². The smallest absolute Gasteiger partial charge is 0.225 e. The SMILES string of the molecule is C=C1/C(=C\C=C2/CCC[C@]3(C)[C@@H]([C@H](C)CCC(C(=O)CCC)C4CC4)CC[C@@H]23)C[C@](O[Si](C)(C)C(C)(C)C)(c2ncc(CCCC)o2)C[C@@H]1O[Si](C)(C)C(C)(C)C. The van der Waals surface area contributed by atoms with E-state index in [0.29, 0.717) is 59.5 Å². The summed E-state index contributed by atoms with van der Waals surface area (Å²) in [5, 5.41) is 0.0720. The Bertz CT molecular complexity index is 1620. The van der Waals surface area contributed by atoms with Crippen molar-refractivity contribution in [3.8, 4) is 0 Å². The Kier molecular flexibility index (Phi) is 14.5. The highest BCUT2D eigenvalue weighted by molar-refractivity contribution is 6.74. The van der Waals surface area contributed by atoms with Gasteiger partial charge in [0, 0.05) is 31.6 Å². The van der Waals surface area contributed by atoms with Gasteiger partial charge in [0.15, 0.2) is 16.6 Å². The van der Waals surface area contributed by atoms with Crippen LogP contribution in [-0.2, 0) is 25.7 Å². The van der Waals surface area contributed by atoms with Crippen LogP contribution in [0.3, 0.4) is 0 Å². The van der Waals surface area contributed by atoms with Gasteiger partial charge in [-0.1, -0.05) is 100.0 Å². The number of unbranched alkanes of at least 4 members (excludes halogenated alkanes) is 1. The molecule has 4 fully saturated rings. The third-order valence-corrected chi connectivity index (χ3v) is 25.3. The number of carbonyl (C=O) groups is 1. The lowest BCUT2D eigenvalue weighted by Crippen LogP contribution is -2.53. The second-order valence-corrected chi connectivity index (χ2v) is 32.1. The average molecular weight is 820 g/mol. The molecule has 1 heterocycles. The Balaban J connectivity index is 1.49. The number of nitrogens with zero attached hydrogens (tertiary/aromatic N) is 1. The van der Waals surface area contributed by atoms with E-state index in [2.05, 4.69) is 108 Å². The van der Waals surface area contributed by atoms with Crippen LogP contribution in [0.25, 0.3) is 0 Å². The van der Waals surface area contributed by atoms with Gasteiger partial charge >= 0.3 is 0 Å². The van der Waals surface area contributed by atoms with Crippen molar-refractivity contribution in [3.05, 3.63) is 53.3 Å². The van der Waals surface area contributed by atoms with Gasteiger partial charge in [0.25, 0.3) is 0 Å². The molecule has 0 saturated heterocycles. The molecule has 0 N–H and O–H groups in total. The molecule has 4 saturated carbocycles. The predicted molar refractivity (Wildman–Crippen MR) is 244 cm³/mol. The van der Waals surface area contributed by atoms with Gasteiger partial charge in [0.1, 0.15) is 17.1 Å². The molecular weight excluding hydrogens is 735 g/mol. The van der Waals surface area contributed by atoms with Crippen molar-refractivity contribution < 1.29 is 18.1 Å². The van der Waals surface area contributed by atoms with E-state index < -0.39 is 22.2 Å². The number of Topliss-reactive ketones (excluding diaryl/α,β-unsaturated/α-hetero) is 1.